The van der Waals surface area contributed by atoms with Crippen molar-refractivity contribution >= 4 is 17.8 Å². The first-order valence-corrected chi connectivity index (χ1v) is 8.42. The number of amides is 4. The van der Waals surface area contributed by atoms with Crippen molar-refractivity contribution in [1.29, 1.82) is 0 Å². The van der Waals surface area contributed by atoms with Crippen molar-refractivity contribution in [1.82, 2.24) is 25.1 Å². The molecule has 0 spiro atoms. The molecule has 1 atom stereocenters. The number of nitrogens with zero attached hydrogens (tertiary/aromatic N) is 3. The van der Waals surface area contributed by atoms with E-state index in [-0.39, 0.29) is 24.4 Å². The topological polar surface area (TPSA) is 96.3 Å². The fourth-order valence-electron chi connectivity index (χ4n) is 3.45. The van der Waals surface area contributed by atoms with E-state index in [2.05, 4.69) is 15.6 Å². The van der Waals surface area contributed by atoms with Crippen molar-refractivity contribution in [2.24, 2.45) is 0 Å². The van der Waals surface area contributed by atoms with Gasteiger partial charge in [0.2, 0.25) is 5.91 Å². The summed E-state index contributed by atoms with van der Waals surface area (Å²) >= 11 is 0. The van der Waals surface area contributed by atoms with Gasteiger partial charge in [0.05, 0.1) is 0 Å². The first-order valence-electron chi connectivity index (χ1n) is 8.42. The third-order valence-corrected chi connectivity index (χ3v) is 5.06. The molecule has 1 aromatic heterocycles. The number of carbonyl (C=O) groups excluding carboxylic acids is 3. The molecule has 24 heavy (non-hydrogen) atoms. The lowest BCUT2D eigenvalue weighted by Crippen LogP contribution is -2.48. The highest BCUT2D eigenvalue weighted by atomic mass is 16.2. The molecule has 0 radical (unpaired) electrons. The molecule has 0 bridgehead atoms. The summed E-state index contributed by atoms with van der Waals surface area (Å²) in [7, 11) is 0. The molecular formula is C16H23N5O3. The number of hydrogen-bond acceptors (Lipinski definition) is 4. The average molecular weight is 333 g/mol. The molecule has 130 valence electrons. The minimum Gasteiger partial charge on any atom is -0.350 e. The largest absolute Gasteiger partial charge is 0.350 e. The van der Waals surface area contributed by atoms with E-state index in [1.807, 2.05) is 24.6 Å². The number of urea groups is 1. The minimum atomic E-state index is -0.867. The van der Waals surface area contributed by atoms with E-state index >= 15 is 0 Å². The van der Waals surface area contributed by atoms with Crippen LogP contribution < -0.4 is 10.6 Å². The van der Waals surface area contributed by atoms with Crippen LogP contribution in [0.25, 0.3) is 0 Å². The second kappa shape index (κ2) is 6.26. The number of imidazole rings is 1. The van der Waals surface area contributed by atoms with Crippen LogP contribution in [0.4, 0.5) is 4.79 Å². The van der Waals surface area contributed by atoms with Gasteiger partial charge in [-0.2, -0.15) is 0 Å². The Bertz CT molecular complexity index is 664. The quantitative estimate of drug-likeness (QED) is 0.764. The molecular weight excluding hydrogens is 310 g/mol. The van der Waals surface area contributed by atoms with Gasteiger partial charge in [0, 0.05) is 31.4 Å². The van der Waals surface area contributed by atoms with Gasteiger partial charge < -0.3 is 15.2 Å². The van der Waals surface area contributed by atoms with Crippen molar-refractivity contribution in [3.8, 4) is 0 Å². The lowest BCUT2D eigenvalue weighted by atomic mass is 9.93. The van der Waals surface area contributed by atoms with Crippen LogP contribution in [0.5, 0.6) is 0 Å². The Kier molecular flexibility index (Phi) is 4.29. The number of nitrogens with one attached hydrogen (secondary N) is 2. The molecule has 4 amide bonds. The van der Waals surface area contributed by atoms with Crippen LogP contribution in [0.2, 0.25) is 0 Å². The molecule has 0 aromatic carbocycles. The maximum atomic E-state index is 12.5. The first kappa shape index (κ1) is 16.5. The maximum Gasteiger partial charge on any atom is 0.325 e. The van der Waals surface area contributed by atoms with Crippen molar-refractivity contribution in [2.45, 2.75) is 57.7 Å². The van der Waals surface area contributed by atoms with Crippen LogP contribution in [0, 0.1) is 0 Å². The number of hydrogen-bond donors (Lipinski definition) is 2. The lowest BCUT2D eigenvalue weighted by Gasteiger charge is -2.26. The summed E-state index contributed by atoms with van der Waals surface area (Å²) in [5.41, 5.74) is -0.867. The van der Waals surface area contributed by atoms with Gasteiger partial charge in [-0.3, -0.25) is 14.5 Å². The molecule has 1 saturated heterocycles. The van der Waals surface area contributed by atoms with E-state index in [1.54, 1.807) is 6.20 Å². The van der Waals surface area contributed by atoms with E-state index in [4.69, 9.17) is 0 Å². The summed E-state index contributed by atoms with van der Waals surface area (Å²) in [6.07, 6.45) is 6.27. The number of aromatic nitrogens is 2. The van der Waals surface area contributed by atoms with Gasteiger partial charge in [-0.05, 0) is 19.3 Å². The Labute approximate surface area is 140 Å². The Morgan fingerprint density at radius 1 is 1.42 bits per heavy atom. The fourth-order valence-corrected chi connectivity index (χ4v) is 3.45. The minimum absolute atomic E-state index is 0.0120. The fraction of sp³-hybridized carbons (Fsp3) is 0.625. The van der Waals surface area contributed by atoms with Crippen LogP contribution in [-0.2, 0) is 22.6 Å². The summed E-state index contributed by atoms with van der Waals surface area (Å²) in [5.74, 6) is 0.397. The van der Waals surface area contributed by atoms with Crippen LogP contribution in [0.3, 0.4) is 0 Å². The molecule has 2 aliphatic heterocycles. The highest BCUT2D eigenvalue weighted by Gasteiger charge is 2.49. The zero-order chi connectivity index (χ0) is 17.3. The Morgan fingerprint density at radius 3 is 2.83 bits per heavy atom. The highest BCUT2D eigenvalue weighted by molar-refractivity contribution is 6.08. The molecule has 3 heterocycles. The monoisotopic (exact) mass is 333 g/mol. The second-order valence-electron chi connectivity index (χ2n) is 6.41. The van der Waals surface area contributed by atoms with Gasteiger partial charge in [0.15, 0.2) is 0 Å². The van der Waals surface area contributed by atoms with Crippen LogP contribution in [0.1, 0.15) is 38.9 Å². The maximum absolute atomic E-state index is 12.5. The summed E-state index contributed by atoms with van der Waals surface area (Å²) in [6.45, 7) is 4.14. The zero-order valence-electron chi connectivity index (χ0n) is 14.0. The molecule has 0 aliphatic carbocycles. The van der Waals surface area contributed by atoms with Crippen molar-refractivity contribution in [3.05, 3.63) is 18.2 Å². The van der Waals surface area contributed by atoms with Crippen molar-refractivity contribution < 1.29 is 14.4 Å². The molecule has 0 saturated carbocycles. The predicted molar refractivity (Wildman–Crippen MR) is 86.0 cm³/mol. The highest BCUT2D eigenvalue weighted by Crippen LogP contribution is 2.24. The predicted octanol–water partition coefficient (Wildman–Crippen LogP) is 0.425. The van der Waals surface area contributed by atoms with Gasteiger partial charge in [-0.15, -0.1) is 0 Å². The van der Waals surface area contributed by atoms with Crippen molar-refractivity contribution in [3.63, 3.8) is 0 Å². The molecule has 0 unspecified atom stereocenters. The smallest absolute Gasteiger partial charge is 0.325 e. The molecule has 3 rings (SSSR count). The number of aryl methyl sites for hydroxylation is 1. The SMILES string of the molecule is CCC1(CC)NC(=O)N(CC(=O)N[C@@H]2CCc3nccn3C2)C1=O. The van der Waals surface area contributed by atoms with Gasteiger partial charge in [0.25, 0.3) is 5.91 Å². The van der Waals surface area contributed by atoms with E-state index in [9.17, 15) is 14.4 Å². The van der Waals surface area contributed by atoms with Gasteiger partial charge in [-0.25, -0.2) is 9.78 Å². The van der Waals surface area contributed by atoms with Crippen molar-refractivity contribution in [2.75, 3.05) is 6.54 Å². The van der Waals surface area contributed by atoms with E-state index < -0.39 is 11.6 Å². The van der Waals surface area contributed by atoms with E-state index in [0.717, 1.165) is 23.6 Å². The third kappa shape index (κ3) is 2.76. The molecule has 8 nitrogen and oxygen atoms in total. The number of rotatable bonds is 5. The summed E-state index contributed by atoms with van der Waals surface area (Å²) in [5, 5.41) is 5.65. The Balaban J connectivity index is 1.59. The summed E-state index contributed by atoms with van der Waals surface area (Å²) < 4.78 is 2.02. The molecule has 2 aliphatic rings. The van der Waals surface area contributed by atoms with Gasteiger partial charge >= 0.3 is 6.03 Å². The zero-order valence-corrected chi connectivity index (χ0v) is 14.0. The van der Waals surface area contributed by atoms with E-state index in [1.165, 1.54) is 0 Å². The molecule has 1 aromatic rings. The number of imide groups is 1. The van der Waals surface area contributed by atoms with Crippen LogP contribution in [0.15, 0.2) is 12.4 Å². The Morgan fingerprint density at radius 2 is 2.17 bits per heavy atom. The average Bonchev–Trinajstić information content (AvgIpc) is 3.12. The molecule has 8 heteroatoms. The first-order chi connectivity index (χ1) is 11.5. The lowest BCUT2D eigenvalue weighted by molar-refractivity contribution is -0.135. The molecule has 2 N–H and O–H groups in total. The third-order valence-electron chi connectivity index (χ3n) is 5.06. The van der Waals surface area contributed by atoms with E-state index in [0.29, 0.717) is 19.4 Å². The van der Waals surface area contributed by atoms with Crippen LogP contribution >= 0.6 is 0 Å². The second-order valence-corrected chi connectivity index (χ2v) is 6.41. The van der Waals surface area contributed by atoms with Crippen LogP contribution in [-0.4, -0.2) is 50.4 Å². The number of fused-ring (bicyclic) bond motifs is 1. The summed E-state index contributed by atoms with van der Waals surface area (Å²) in [6, 6.07) is -0.499. The van der Waals surface area contributed by atoms with Gasteiger partial charge in [-0.1, -0.05) is 13.8 Å². The standard InChI is InChI=1S/C16H23N5O3/c1-3-16(4-2)14(23)21(15(24)19-16)10-13(22)18-11-5-6-12-17-7-8-20(12)9-11/h7-8,11H,3-6,9-10H2,1-2H3,(H,18,22)(H,19,24)/t11-/m1/s1. The Hall–Kier alpha value is -2.38. The normalized spacial score (nSPS) is 22.2. The molecule has 1 fully saturated rings. The van der Waals surface area contributed by atoms with Gasteiger partial charge in [0.1, 0.15) is 17.9 Å². The number of carbonyl (C=O) groups is 3. The summed E-state index contributed by atoms with van der Waals surface area (Å²) in [4.78, 5) is 42.1.